The molecule has 3 heteroatoms. The van der Waals surface area contributed by atoms with Crippen LogP contribution >= 0.6 is 0 Å². The average Bonchev–Trinajstić information content (AvgIpc) is 2.84. The third-order valence-corrected chi connectivity index (χ3v) is 4.17. The Balaban J connectivity index is 1.72. The van der Waals surface area contributed by atoms with Crippen molar-refractivity contribution in [2.75, 3.05) is 18.5 Å². The molecular formula is C15H22N2O. The maximum absolute atomic E-state index is 5.80. The van der Waals surface area contributed by atoms with Gasteiger partial charge in [-0.15, -0.1) is 0 Å². The van der Waals surface area contributed by atoms with Crippen LogP contribution in [0.4, 0.5) is 5.69 Å². The molecule has 0 radical (unpaired) electrons. The first-order valence-electron chi connectivity index (χ1n) is 7.00. The van der Waals surface area contributed by atoms with Gasteiger partial charge in [-0.2, -0.15) is 0 Å². The molecule has 1 aliphatic heterocycles. The molecule has 0 unspecified atom stereocenters. The molecule has 0 aromatic heterocycles. The Morgan fingerprint density at radius 1 is 1.33 bits per heavy atom. The molecule has 3 nitrogen and oxygen atoms in total. The number of ether oxygens (including phenoxy) is 1. The Labute approximate surface area is 109 Å². The van der Waals surface area contributed by atoms with Crippen LogP contribution in [0.3, 0.4) is 0 Å². The molecule has 0 amide bonds. The Kier molecular flexibility index (Phi) is 3.16. The molecule has 1 saturated carbocycles. The lowest BCUT2D eigenvalue weighted by Gasteiger charge is -2.27. The summed E-state index contributed by atoms with van der Waals surface area (Å²) in [5.74, 6) is 1.04. The standard InChI is InChI=1S/C15H22N2O/c1-15(7-2-3-8-15)17-11-12-5-4-6-13-14(12)18-10-9-16-13/h4-6,16-17H,2-3,7-11H2,1H3. The van der Waals surface area contributed by atoms with Crippen LogP contribution in [0.1, 0.15) is 38.2 Å². The number of rotatable bonds is 3. The largest absolute Gasteiger partial charge is 0.489 e. The second-order valence-corrected chi connectivity index (χ2v) is 5.69. The molecule has 0 saturated heterocycles. The fourth-order valence-corrected chi connectivity index (χ4v) is 3.01. The molecule has 2 aliphatic rings. The zero-order chi connectivity index (χ0) is 12.4. The Morgan fingerprint density at radius 3 is 3.00 bits per heavy atom. The van der Waals surface area contributed by atoms with E-state index in [0.29, 0.717) is 5.54 Å². The molecule has 2 N–H and O–H groups in total. The number of hydrogen-bond acceptors (Lipinski definition) is 3. The van der Waals surface area contributed by atoms with E-state index >= 15 is 0 Å². The van der Waals surface area contributed by atoms with Gasteiger partial charge in [0.05, 0.1) is 5.69 Å². The molecule has 98 valence electrons. The zero-order valence-corrected chi connectivity index (χ0v) is 11.1. The average molecular weight is 246 g/mol. The first kappa shape index (κ1) is 11.8. The number of fused-ring (bicyclic) bond motifs is 1. The Bertz CT molecular complexity index is 425. The highest BCUT2D eigenvalue weighted by Gasteiger charge is 2.28. The quantitative estimate of drug-likeness (QED) is 0.860. The van der Waals surface area contributed by atoms with Crippen LogP contribution in [0.25, 0.3) is 0 Å². The molecule has 1 aromatic carbocycles. The van der Waals surface area contributed by atoms with E-state index in [1.165, 1.54) is 31.2 Å². The predicted molar refractivity (Wildman–Crippen MR) is 74.1 cm³/mol. The molecule has 0 atom stereocenters. The van der Waals surface area contributed by atoms with Gasteiger partial charge in [0.25, 0.3) is 0 Å². The molecular weight excluding hydrogens is 224 g/mol. The topological polar surface area (TPSA) is 33.3 Å². The van der Waals surface area contributed by atoms with Gasteiger partial charge < -0.3 is 15.4 Å². The van der Waals surface area contributed by atoms with Gasteiger partial charge in [-0.05, 0) is 25.8 Å². The minimum atomic E-state index is 0.324. The first-order valence-corrected chi connectivity index (χ1v) is 7.00. The van der Waals surface area contributed by atoms with Crippen LogP contribution in [0.5, 0.6) is 5.75 Å². The van der Waals surface area contributed by atoms with E-state index in [9.17, 15) is 0 Å². The summed E-state index contributed by atoms with van der Waals surface area (Å²) in [5.41, 5.74) is 2.73. The van der Waals surface area contributed by atoms with Crippen LogP contribution in [-0.2, 0) is 6.54 Å². The van der Waals surface area contributed by atoms with Crippen LogP contribution < -0.4 is 15.4 Å². The highest BCUT2D eigenvalue weighted by atomic mass is 16.5. The molecule has 1 fully saturated rings. The second kappa shape index (κ2) is 4.81. The smallest absolute Gasteiger partial charge is 0.146 e. The van der Waals surface area contributed by atoms with Gasteiger partial charge in [0.2, 0.25) is 0 Å². The molecule has 1 aromatic rings. The summed E-state index contributed by atoms with van der Waals surface area (Å²) < 4.78 is 5.80. The van der Waals surface area contributed by atoms with Gasteiger partial charge in [-0.25, -0.2) is 0 Å². The van der Waals surface area contributed by atoms with Crippen LogP contribution in [0.15, 0.2) is 18.2 Å². The highest BCUT2D eigenvalue weighted by molar-refractivity contribution is 5.61. The van der Waals surface area contributed by atoms with Gasteiger partial charge in [0, 0.05) is 24.2 Å². The van der Waals surface area contributed by atoms with Crippen molar-refractivity contribution in [2.24, 2.45) is 0 Å². The number of nitrogens with one attached hydrogen (secondary N) is 2. The van der Waals surface area contributed by atoms with Crippen molar-refractivity contribution in [3.05, 3.63) is 23.8 Å². The third-order valence-electron chi connectivity index (χ3n) is 4.17. The lowest BCUT2D eigenvalue weighted by atomic mass is 10.00. The minimum absolute atomic E-state index is 0.324. The van der Waals surface area contributed by atoms with Crippen molar-refractivity contribution < 1.29 is 4.74 Å². The SMILES string of the molecule is CC1(NCc2cccc3c2OCCN3)CCCC1. The van der Waals surface area contributed by atoms with E-state index in [1.807, 2.05) is 0 Å². The highest BCUT2D eigenvalue weighted by Crippen LogP contribution is 2.33. The Morgan fingerprint density at radius 2 is 2.17 bits per heavy atom. The molecule has 3 rings (SSSR count). The van der Waals surface area contributed by atoms with Crippen molar-refractivity contribution in [2.45, 2.75) is 44.7 Å². The van der Waals surface area contributed by atoms with Crippen LogP contribution in [-0.4, -0.2) is 18.7 Å². The first-order chi connectivity index (χ1) is 8.77. The van der Waals surface area contributed by atoms with Crippen molar-refractivity contribution >= 4 is 5.69 Å². The lowest BCUT2D eigenvalue weighted by molar-refractivity contribution is 0.312. The van der Waals surface area contributed by atoms with Gasteiger partial charge in [-0.1, -0.05) is 25.0 Å². The van der Waals surface area contributed by atoms with Crippen molar-refractivity contribution in [1.29, 1.82) is 0 Å². The van der Waals surface area contributed by atoms with Crippen molar-refractivity contribution in [1.82, 2.24) is 5.32 Å². The van der Waals surface area contributed by atoms with Gasteiger partial charge >= 0.3 is 0 Å². The third kappa shape index (κ3) is 2.32. The maximum atomic E-state index is 5.80. The van der Waals surface area contributed by atoms with Gasteiger partial charge in [-0.3, -0.25) is 0 Å². The fourth-order valence-electron chi connectivity index (χ4n) is 3.01. The Hall–Kier alpha value is -1.22. The molecule has 0 bridgehead atoms. The maximum Gasteiger partial charge on any atom is 0.146 e. The van der Waals surface area contributed by atoms with E-state index in [2.05, 4.69) is 35.8 Å². The predicted octanol–water partition coefficient (Wildman–Crippen LogP) is 2.91. The van der Waals surface area contributed by atoms with E-state index in [4.69, 9.17) is 4.74 Å². The van der Waals surface area contributed by atoms with E-state index in [0.717, 1.165) is 31.1 Å². The summed E-state index contributed by atoms with van der Waals surface area (Å²) in [4.78, 5) is 0. The monoisotopic (exact) mass is 246 g/mol. The van der Waals surface area contributed by atoms with Gasteiger partial charge in [0.15, 0.2) is 0 Å². The summed E-state index contributed by atoms with van der Waals surface area (Å²) in [5, 5.41) is 7.10. The van der Waals surface area contributed by atoms with Crippen LogP contribution in [0.2, 0.25) is 0 Å². The number of benzene rings is 1. The molecule has 1 aliphatic carbocycles. The second-order valence-electron chi connectivity index (χ2n) is 5.69. The van der Waals surface area contributed by atoms with E-state index < -0.39 is 0 Å². The molecule has 18 heavy (non-hydrogen) atoms. The lowest BCUT2D eigenvalue weighted by Crippen LogP contribution is -2.39. The zero-order valence-electron chi connectivity index (χ0n) is 11.1. The van der Waals surface area contributed by atoms with E-state index in [-0.39, 0.29) is 0 Å². The summed E-state index contributed by atoms with van der Waals surface area (Å²) in [6, 6.07) is 6.36. The summed E-state index contributed by atoms with van der Waals surface area (Å²) in [7, 11) is 0. The number of hydrogen-bond donors (Lipinski definition) is 2. The summed E-state index contributed by atoms with van der Waals surface area (Å²) >= 11 is 0. The number of para-hydroxylation sites is 1. The van der Waals surface area contributed by atoms with Crippen LogP contribution in [0, 0.1) is 0 Å². The number of anilines is 1. The fraction of sp³-hybridized carbons (Fsp3) is 0.600. The van der Waals surface area contributed by atoms with Gasteiger partial charge in [0.1, 0.15) is 12.4 Å². The molecule has 1 heterocycles. The van der Waals surface area contributed by atoms with E-state index in [1.54, 1.807) is 0 Å². The minimum Gasteiger partial charge on any atom is -0.489 e. The summed E-state index contributed by atoms with van der Waals surface area (Å²) in [6.45, 7) is 4.92. The van der Waals surface area contributed by atoms with Crippen molar-refractivity contribution in [3.63, 3.8) is 0 Å². The normalized spacial score (nSPS) is 20.9. The van der Waals surface area contributed by atoms with Crippen molar-refractivity contribution in [3.8, 4) is 5.75 Å². The molecule has 0 spiro atoms. The summed E-state index contributed by atoms with van der Waals surface area (Å²) in [6.07, 6.45) is 5.30.